The van der Waals surface area contributed by atoms with Crippen LogP contribution in [0.25, 0.3) is 21.1 Å². The van der Waals surface area contributed by atoms with Gasteiger partial charge in [-0.25, -0.2) is 4.79 Å². The molecule has 0 radical (unpaired) electrons. The number of fused-ring (bicyclic) bond motifs is 2. The van der Waals surface area contributed by atoms with Gasteiger partial charge in [-0.15, -0.1) is 11.3 Å². The predicted octanol–water partition coefficient (Wildman–Crippen LogP) is 6.03. The molecule has 0 spiro atoms. The zero-order chi connectivity index (χ0) is 21.4. The van der Waals surface area contributed by atoms with Crippen LogP contribution in [0.4, 0.5) is 0 Å². The van der Waals surface area contributed by atoms with Gasteiger partial charge in [-0.2, -0.15) is 0 Å². The summed E-state index contributed by atoms with van der Waals surface area (Å²) in [7, 11) is 0. The first-order chi connectivity index (χ1) is 14.3. The SMILES string of the molecule is Cc1ccc2c(C(C)C)c(CCc3noc4cc(OCC(=O)O)c(C)cc34)sc2c1. The van der Waals surface area contributed by atoms with E-state index in [-0.39, 0.29) is 6.61 Å². The van der Waals surface area contributed by atoms with E-state index in [0.717, 1.165) is 29.5 Å². The summed E-state index contributed by atoms with van der Waals surface area (Å²) in [4.78, 5) is 12.2. The van der Waals surface area contributed by atoms with Gasteiger partial charge in [0, 0.05) is 21.0 Å². The molecule has 4 rings (SSSR count). The third kappa shape index (κ3) is 3.92. The lowest BCUT2D eigenvalue weighted by Crippen LogP contribution is -2.10. The average molecular weight is 424 g/mol. The molecule has 0 saturated carbocycles. The second kappa shape index (κ2) is 8.11. The van der Waals surface area contributed by atoms with Crippen molar-refractivity contribution in [2.75, 3.05) is 6.61 Å². The third-order valence-electron chi connectivity index (χ3n) is 5.32. The summed E-state index contributed by atoms with van der Waals surface area (Å²) in [5, 5.41) is 15.4. The summed E-state index contributed by atoms with van der Waals surface area (Å²) in [5.41, 5.74) is 5.12. The Morgan fingerprint density at radius 2 is 1.97 bits per heavy atom. The largest absolute Gasteiger partial charge is 0.481 e. The van der Waals surface area contributed by atoms with Crippen molar-refractivity contribution in [2.45, 2.75) is 46.5 Å². The van der Waals surface area contributed by atoms with Crippen molar-refractivity contribution in [2.24, 2.45) is 0 Å². The molecule has 2 aromatic heterocycles. The molecule has 156 valence electrons. The van der Waals surface area contributed by atoms with Gasteiger partial charge in [-0.1, -0.05) is 31.1 Å². The van der Waals surface area contributed by atoms with E-state index in [1.165, 1.54) is 26.1 Å². The molecular weight excluding hydrogens is 398 g/mol. The quantitative estimate of drug-likeness (QED) is 0.393. The van der Waals surface area contributed by atoms with Crippen LogP contribution in [-0.2, 0) is 17.6 Å². The molecule has 30 heavy (non-hydrogen) atoms. The van der Waals surface area contributed by atoms with E-state index < -0.39 is 5.97 Å². The molecule has 6 heteroatoms. The number of hydrogen-bond acceptors (Lipinski definition) is 5. The number of aryl methyl sites for hydroxylation is 4. The molecule has 0 amide bonds. The van der Waals surface area contributed by atoms with Crippen LogP contribution in [0.5, 0.6) is 5.75 Å². The van der Waals surface area contributed by atoms with Crippen molar-refractivity contribution < 1.29 is 19.2 Å². The number of carboxylic acid groups (broad SMARTS) is 1. The molecule has 2 heterocycles. The number of hydrogen-bond donors (Lipinski definition) is 1. The fraction of sp³-hybridized carbons (Fsp3) is 0.333. The van der Waals surface area contributed by atoms with Crippen LogP contribution in [0.2, 0.25) is 0 Å². The summed E-state index contributed by atoms with van der Waals surface area (Å²) >= 11 is 1.87. The third-order valence-corrected chi connectivity index (χ3v) is 6.55. The predicted molar refractivity (Wildman–Crippen MR) is 120 cm³/mol. The Morgan fingerprint density at radius 3 is 2.70 bits per heavy atom. The molecule has 0 unspecified atom stereocenters. The standard InChI is InChI=1S/C24H25NO4S/c1-13(2)24-16-6-5-14(3)9-22(16)30-21(24)8-7-18-17-10-15(4)19(28-12-23(26)27)11-20(17)29-25-18/h5-6,9-11,13H,7-8,12H2,1-4H3,(H,26,27). The van der Waals surface area contributed by atoms with E-state index in [1.54, 1.807) is 6.07 Å². The lowest BCUT2D eigenvalue weighted by atomic mass is 9.96. The molecule has 0 aliphatic heterocycles. The number of thiophene rings is 1. The van der Waals surface area contributed by atoms with Gasteiger partial charge < -0.3 is 14.4 Å². The van der Waals surface area contributed by atoms with Gasteiger partial charge in [0.1, 0.15) is 5.75 Å². The molecule has 4 aromatic rings. The Kier molecular flexibility index (Phi) is 5.52. The maximum absolute atomic E-state index is 10.8. The van der Waals surface area contributed by atoms with Crippen molar-refractivity contribution >= 4 is 38.4 Å². The Morgan fingerprint density at radius 1 is 1.17 bits per heavy atom. The van der Waals surface area contributed by atoms with Crippen molar-refractivity contribution in [3.63, 3.8) is 0 Å². The van der Waals surface area contributed by atoms with Crippen LogP contribution in [-0.4, -0.2) is 22.8 Å². The van der Waals surface area contributed by atoms with Gasteiger partial charge in [-0.3, -0.25) is 0 Å². The van der Waals surface area contributed by atoms with E-state index in [0.29, 0.717) is 17.3 Å². The topological polar surface area (TPSA) is 72.6 Å². The monoisotopic (exact) mass is 423 g/mol. The summed E-state index contributed by atoms with van der Waals surface area (Å²) in [6.07, 6.45) is 1.69. The van der Waals surface area contributed by atoms with Crippen molar-refractivity contribution in [1.82, 2.24) is 5.16 Å². The Hall–Kier alpha value is -2.86. The first kappa shape index (κ1) is 20.4. The summed E-state index contributed by atoms with van der Waals surface area (Å²) in [5.74, 6) is -0.0384. The molecule has 2 aromatic carbocycles. The minimum atomic E-state index is -1.01. The first-order valence-corrected chi connectivity index (χ1v) is 10.9. The highest BCUT2D eigenvalue weighted by Gasteiger charge is 2.18. The second-order valence-corrected chi connectivity index (χ2v) is 9.16. The van der Waals surface area contributed by atoms with Crippen LogP contribution >= 0.6 is 11.3 Å². The van der Waals surface area contributed by atoms with Crippen LogP contribution in [0.3, 0.4) is 0 Å². The molecule has 0 fully saturated rings. The van der Waals surface area contributed by atoms with Gasteiger partial charge in [0.05, 0.1) is 5.69 Å². The fourth-order valence-corrected chi connectivity index (χ4v) is 5.38. The number of benzene rings is 2. The van der Waals surface area contributed by atoms with E-state index in [4.69, 9.17) is 14.4 Å². The van der Waals surface area contributed by atoms with E-state index in [9.17, 15) is 4.79 Å². The second-order valence-electron chi connectivity index (χ2n) is 8.02. The highest BCUT2D eigenvalue weighted by Crippen LogP contribution is 2.38. The average Bonchev–Trinajstić information content (AvgIpc) is 3.24. The number of carbonyl (C=O) groups is 1. The van der Waals surface area contributed by atoms with E-state index in [1.807, 2.05) is 24.3 Å². The van der Waals surface area contributed by atoms with Crippen molar-refractivity contribution in [1.29, 1.82) is 0 Å². The number of ether oxygens (including phenoxy) is 1. The zero-order valence-corrected chi connectivity index (χ0v) is 18.4. The zero-order valence-electron chi connectivity index (χ0n) is 17.6. The van der Waals surface area contributed by atoms with Crippen LogP contribution < -0.4 is 4.74 Å². The summed E-state index contributed by atoms with van der Waals surface area (Å²) < 4.78 is 12.2. The van der Waals surface area contributed by atoms with Gasteiger partial charge in [-0.05, 0) is 66.8 Å². The normalized spacial score (nSPS) is 11.6. The summed E-state index contributed by atoms with van der Waals surface area (Å²) in [6, 6.07) is 10.4. The number of carboxylic acids is 1. The minimum Gasteiger partial charge on any atom is -0.481 e. The molecule has 0 aliphatic carbocycles. The maximum atomic E-state index is 10.8. The number of nitrogens with zero attached hydrogens (tertiary/aromatic N) is 1. The molecule has 1 N–H and O–H groups in total. The maximum Gasteiger partial charge on any atom is 0.341 e. The Labute approximate surface area is 179 Å². The highest BCUT2D eigenvalue weighted by molar-refractivity contribution is 7.19. The number of aliphatic carboxylic acids is 1. The van der Waals surface area contributed by atoms with Gasteiger partial charge in [0.25, 0.3) is 0 Å². The van der Waals surface area contributed by atoms with Crippen molar-refractivity contribution in [3.05, 3.63) is 57.6 Å². The van der Waals surface area contributed by atoms with Gasteiger partial charge in [0.15, 0.2) is 12.2 Å². The smallest absolute Gasteiger partial charge is 0.341 e. The summed E-state index contributed by atoms with van der Waals surface area (Å²) in [6.45, 7) is 8.15. The van der Waals surface area contributed by atoms with Gasteiger partial charge >= 0.3 is 5.97 Å². The van der Waals surface area contributed by atoms with Crippen LogP contribution in [0, 0.1) is 13.8 Å². The number of aromatic nitrogens is 1. The molecule has 5 nitrogen and oxygen atoms in total. The minimum absolute atomic E-state index is 0.378. The van der Waals surface area contributed by atoms with Crippen LogP contribution in [0.1, 0.15) is 47.0 Å². The molecule has 0 aliphatic rings. The lowest BCUT2D eigenvalue weighted by Gasteiger charge is -2.08. The molecule has 0 saturated heterocycles. The van der Waals surface area contributed by atoms with E-state index >= 15 is 0 Å². The number of rotatable bonds is 7. The Balaban J connectivity index is 1.62. The molecular formula is C24H25NO4S. The van der Waals surface area contributed by atoms with Gasteiger partial charge in [0.2, 0.25) is 0 Å². The molecule has 0 atom stereocenters. The molecule has 0 bridgehead atoms. The van der Waals surface area contributed by atoms with Crippen LogP contribution in [0.15, 0.2) is 34.9 Å². The lowest BCUT2D eigenvalue weighted by molar-refractivity contribution is -0.139. The highest BCUT2D eigenvalue weighted by atomic mass is 32.1. The van der Waals surface area contributed by atoms with Crippen molar-refractivity contribution in [3.8, 4) is 5.75 Å². The fourth-order valence-electron chi connectivity index (χ4n) is 3.92. The first-order valence-electron chi connectivity index (χ1n) is 10.1. The van der Waals surface area contributed by atoms with E-state index in [2.05, 4.69) is 44.1 Å². The Bertz CT molecular complexity index is 1240.